The first-order chi connectivity index (χ1) is 11.0. The van der Waals surface area contributed by atoms with E-state index in [-0.39, 0.29) is 18.4 Å². The van der Waals surface area contributed by atoms with Crippen molar-refractivity contribution >= 4 is 11.9 Å². The zero-order valence-electron chi connectivity index (χ0n) is 13.8. The number of rotatable bonds is 6. The molecule has 1 aliphatic rings. The second-order valence-corrected chi connectivity index (χ2v) is 6.23. The van der Waals surface area contributed by atoms with Crippen LogP contribution in [0.4, 0.5) is 4.79 Å². The molecule has 1 aromatic rings. The highest BCUT2D eigenvalue weighted by Crippen LogP contribution is 2.22. The molecule has 1 aliphatic heterocycles. The summed E-state index contributed by atoms with van der Waals surface area (Å²) in [6, 6.07) is 6.79. The highest BCUT2D eigenvalue weighted by Gasteiger charge is 2.28. The Morgan fingerprint density at radius 1 is 1.43 bits per heavy atom. The fourth-order valence-electron chi connectivity index (χ4n) is 3.13. The lowest BCUT2D eigenvalue weighted by atomic mass is 10.0. The number of urea groups is 1. The summed E-state index contributed by atoms with van der Waals surface area (Å²) in [4.78, 5) is 25.7. The summed E-state index contributed by atoms with van der Waals surface area (Å²) in [5.41, 5.74) is 7.27. The fraction of sp³-hybridized carbons (Fsp3) is 0.529. The van der Waals surface area contributed by atoms with Gasteiger partial charge in [-0.2, -0.15) is 0 Å². The quantitative estimate of drug-likeness (QED) is 0.735. The van der Waals surface area contributed by atoms with Crippen molar-refractivity contribution in [2.24, 2.45) is 11.7 Å². The summed E-state index contributed by atoms with van der Waals surface area (Å²) in [5.74, 6) is 0.564. The minimum atomic E-state index is -0.612. The molecule has 4 N–H and O–H groups in total. The lowest BCUT2D eigenvalue weighted by Crippen LogP contribution is -2.38. The van der Waals surface area contributed by atoms with Gasteiger partial charge in [0.05, 0.1) is 12.5 Å². The van der Waals surface area contributed by atoms with E-state index in [9.17, 15) is 9.59 Å². The number of nitrogens with zero attached hydrogens (tertiary/aromatic N) is 1. The smallest absolute Gasteiger partial charge is 0.312 e. The fourth-order valence-corrected chi connectivity index (χ4v) is 3.13. The highest BCUT2D eigenvalue weighted by atomic mass is 16.2. The molecule has 1 heterocycles. The maximum absolute atomic E-state index is 12.6. The maximum Gasteiger partial charge on any atom is 0.312 e. The minimum Gasteiger partial charge on any atom is -0.352 e. The average molecular weight is 318 g/mol. The predicted octanol–water partition coefficient (Wildman–Crippen LogP) is 1.16. The third-order valence-electron chi connectivity index (χ3n) is 4.27. The summed E-state index contributed by atoms with van der Waals surface area (Å²) in [7, 11) is 1.93. The van der Waals surface area contributed by atoms with Gasteiger partial charge in [0.25, 0.3) is 0 Å². The minimum absolute atomic E-state index is 0.0591. The van der Waals surface area contributed by atoms with Crippen molar-refractivity contribution in [1.82, 2.24) is 15.5 Å². The van der Waals surface area contributed by atoms with Crippen LogP contribution in [0, 0.1) is 12.8 Å². The van der Waals surface area contributed by atoms with E-state index in [1.165, 1.54) is 0 Å². The number of hydrogen-bond acceptors (Lipinski definition) is 3. The summed E-state index contributed by atoms with van der Waals surface area (Å²) in [5, 5.41) is 5.85. The number of nitrogens with two attached hydrogens (primary N) is 1. The Balaban J connectivity index is 2.03. The van der Waals surface area contributed by atoms with Gasteiger partial charge in [-0.05, 0) is 38.4 Å². The van der Waals surface area contributed by atoms with E-state index in [0.717, 1.165) is 37.2 Å². The van der Waals surface area contributed by atoms with E-state index in [0.29, 0.717) is 5.92 Å². The first-order valence-corrected chi connectivity index (χ1v) is 8.04. The molecular formula is C17H26N4O2. The second kappa shape index (κ2) is 7.97. The third kappa shape index (κ3) is 4.96. The van der Waals surface area contributed by atoms with Gasteiger partial charge in [-0.25, -0.2) is 4.79 Å². The van der Waals surface area contributed by atoms with Crippen molar-refractivity contribution in [2.75, 3.05) is 26.7 Å². The molecule has 1 saturated heterocycles. The Bertz CT molecular complexity index is 561. The molecule has 2 rings (SSSR count). The number of benzene rings is 1. The van der Waals surface area contributed by atoms with E-state index >= 15 is 0 Å². The molecule has 2 atom stereocenters. The van der Waals surface area contributed by atoms with Crippen LogP contribution < -0.4 is 16.4 Å². The lowest BCUT2D eigenvalue weighted by molar-refractivity contribution is -0.130. The Morgan fingerprint density at radius 3 is 2.87 bits per heavy atom. The number of carbonyl (C=O) groups excluding carboxylic acids is 2. The van der Waals surface area contributed by atoms with Crippen molar-refractivity contribution in [3.8, 4) is 0 Å². The Hall–Kier alpha value is -2.08. The number of amides is 3. The summed E-state index contributed by atoms with van der Waals surface area (Å²) < 4.78 is 0. The zero-order chi connectivity index (χ0) is 16.8. The molecule has 23 heavy (non-hydrogen) atoms. The van der Waals surface area contributed by atoms with Gasteiger partial charge in [-0.1, -0.05) is 29.8 Å². The predicted molar refractivity (Wildman–Crippen MR) is 89.9 cm³/mol. The van der Waals surface area contributed by atoms with Gasteiger partial charge in [0.15, 0.2) is 0 Å². The summed E-state index contributed by atoms with van der Waals surface area (Å²) in [6.07, 6.45) is 1.25. The van der Waals surface area contributed by atoms with Gasteiger partial charge < -0.3 is 21.3 Å². The molecule has 0 bridgehead atoms. The van der Waals surface area contributed by atoms with Crippen LogP contribution in [0.2, 0.25) is 0 Å². The third-order valence-corrected chi connectivity index (χ3v) is 4.27. The van der Waals surface area contributed by atoms with Gasteiger partial charge in [0.2, 0.25) is 5.91 Å². The molecule has 0 spiro atoms. The molecule has 0 aliphatic carbocycles. The van der Waals surface area contributed by atoms with E-state index < -0.39 is 6.03 Å². The molecule has 6 heteroatoms. The molecule has 6 nitrogen and oxygen atoms in total. The first kappa shape index (κ1) is 17.3. The first-order valence-electron chi connectivity index (χ1n) is 8.04. The Kier molecular flexibility index (Phi) is 5.98. The van der Waals surface area contributed by atoms with Crippen molar-refractivity contribution in [2.45, 2.75) is 25.8 Å². The number of carbonyl (C=O) groups is 2. The van der Waals surface area contributed by atoms with Crippen LogP contribution >= 0.6 is 0 Å². The van der Waals surface area contributed by atoms with Crippen LogP contribution in [-0.4, -0.2) is 43.5 Å². The maximum atomic E-state index is 12.6. The number of aryl methyl sites for hydroxylation is 1. The molecule has 0 radical (unpaired) electrons. The van der Waals surface area contributed by atoms with E-state index in [4.69, 9.17) is 5.73 Å². The van der Waals surface area contributed by atoms with Gasteiger partial charge >= 0.3 is 6.03 Å². The molecule has 126 valence electrons. The van der Waals surface area contributed by atoms with Crippen LogP contribution in [0.15, 0.2) is 24.3 Å². The van der Waals surface area contributed by atoms with Crippen LogP contribution in [0.5, 0.6) is 0 Å². The number of likely N-dealkylation sites (tertiary alicyclic amines) is 1. The average Bonchev–Trinajstić information content (AvgIpc) is 2.95. The summed E-state index contributed by atoms with van der Waals surface area (Å²) >= 11 is 0. The molecule has 0 aromatic heterocycles. The van der Waals surface area contributed by atoms with Crippen LogP contribution in [0.3, 0.4) is 0 Å². The Labute approximate surface area is 137 Å². The number of primary amides is 1. The van der Waals surface area contributed by atoms with Crippen molar-refractivity contribution < 1.29 is 9.59 Å². The van der Waals surface area contributed by atoms with E-state index in [1.54, 1.807) is 0 Å². The second-order valence-electron chi connectivity index (χ2n) is 6.23. The largest absolute Gasteiger partial charge is 0.352 e. The number of nitrogens with one attached hydrogen (secondary N) is 2. The van der Waals surface area contributed by atoms with Crippen molar-refractivity contribution in [3.05, 3.63) is 35.4 Å². The topological polar surface area (TPSA) is 87.5 Å². The van der Waals surface area contributed by atoms with Crippen molar-refractivity contribution in [1.29, 1.82) is 0 Å². The summed E-state index contributed by atoms with van der Waals surface area (Å²) in [6.45, 7) is 4.46. The van der Waals surface area contributed by atoms with E-state index in [2.05, 4.69) is 10.6 Å². The lowest BCUT2D eigenvalue weighted by Gasteiger charge is -2.22. The Morgan fingerprint density at radius 2 is 2.22 bits per heavy atom. The molecule has 1 fully saturated rings. The SMILES string of the molecule is CNC[C@@H]1CCN(C(=O)C[C@H](NC(N)=O)c2cccc(C)c2)C1. The molecule has 0 saturated carbocycles. The standard InChI is InChI=1S/C17H26N4O2/c1-12-4-3-5-14(8-12)15(20-17(18)23)9-16(22)21-7-6-13(11-21)10-19-2/h3-5,8,13,15,19H,6-7,9-11H2,1-2H3,(H3,18,20,23)/t13-,15-/m0/s1. The van der Waals surface area contributed by atoms with Gasteiger partial charge in [-0.15, -0.1) is 0 Å². The van der Waals surface area contributed by atoms with Crippen LogP contribution in [-0.2, 0) is 4.79 Å². The zero-order valence-corrected chi connectivity index (χ0v) is 13.8. The molecule has 1 aromatic carbocycles. The molecule has 3 amide bonds. The van der Waals surface area contributed by atoms with Crippen molar-refractivity contribution in [3.63, 3.8) is 0 Å². The van der Waals surface area contributed by atoms with Gasteiger partial charge in [0, 0.05) is 13.1 Å². The van der Waals surface area contributed by atoms with Crippen LogP contribution in [0.1, 0.15) is 30.0 Å². The highest BCUT2D eigenvalue weighted by molar-refractivity contribution is 5.79. The molecule has 0 unspecified atom stereocenters. The normalized spacial score (nSPS) is 18.7. The molecular weight excluding hydrogens is 292 g/mol. The van der Waals surface area contributed by atoms with E-state index in [1.807, 2.05) is 43.1 Å². The van der Waals surface area contributed by atoms with Gasteiger partial charge in [-0.3, -0.25) is 4.79 Å². The monoisotopic (exact) mass is 318 g/mol. The number of hydrogen-bond donors (Lipinski definition) is 3. The van der Waals surface area contributed by atoms with Crippen LogP contribution in [0.25, 0.3) is 0 Å². The van der Waals surface area contributed by atoms with Gasteiger partial charge in [0.1, 0.15) is 0 Å².